The molecule has 6 heteroatoms. The Morgan fingerprint density at radius 3 is 2.92 bits per heavy atom. The third-order valence-corrected chi connectivity index (χ3v) is 5.85. The summed E-state index contributed by atoms with van der Waals surface area (Å²) in [6.45, 7) is 2.23. The third-order valence-electron chi connectivity index (χ3n) is 4.52. The van der Waals surface area contributed by atoms with Crippen LogP contribution in [0.25, 0.3) is 16.7 Å². The van der Waals surface area contributed by atoms with Crippen LogP contribution in [0.4, 0.5) is 5.82 Å². The summed E-state index contributed by atoms with van der Waals surface area (Å²) in [5, 5.41) is 9.83. The fourth-order valence-corrected chi connectivity index (χ4v) is 4.60. The minimum absolute atomic E-state index is 0.480. The summed E-state index contributed by atoms with van der Waals surface area (Å²) in [5.74, 6) is 2.06. The number of hydrogen-bond donors (Lipinski definition) is 1. The Labute approximate surface area is 145 Å². The fraction of sp³-hybridized carbons (Fsp3) is 0.389. The van der Waals surface area contributed by atoms with E-state index in [0.717, 1.165) is 28.3 Å². The second-order valence-corrected chi connectivity index (χ2v) is 7.54. The first-order valence-electron chi connectivity index (χ1n) is 8.49. The molecule has 2 heterocycles. The van der Waals surface area contributed by atoms with Gasteiger partial charge in [-0.3, -0.25) is 0 Å². The van der Waals surface area contributed by atoms with Crippen molar-refractivity contribution in [1.82, 2.24) is 19.7 Å². The molecular formula is C18H21N5S. The molecule has 1 N–H and O–H groups in total. The molecule has 2 atom stereocenters. The summed E-state index contributed by atoms with van der Waals surface area (Å²) in [6.07, 6.45) is 7.26. The minimum atomic E-state index is 0.480. The van der Waals surface area contributed by atoms with Crippen LogP contribution in [0.2, 0.25) is 0 Å². The van der Waals surface area contributed by atoms with Gasteiger partial charge in [-0.1, -0.05) is 31.5 Å². The zero-order valence-corrected chi connectivity index (χ0v) is 14.5. The Hall–Kier alpha value is -2.08. The van der Waals surface area contributed by atoms with E-state index in [0.29, 0.717) is 11.3 Å². The Bertz CT molecular complexity index is 817. The van der Waals surface area contributed by atoms with Crippen molar-refractivity contribution in [3.8, 4) is 5.69 Å². The van der Waals surface area contributed by atoms with Gasteiger partial charge in [0.1, 0.15) is 12.1 Å². The van der Waals surface area contributed by atoms with E-state index in [2.05, 4.69) is 27.3 Å². The Morgan fingerprint density at radius 1 is 1.21 bits per heavy atom. The van der Waals surface area contributed by atoms with Gasteiger partial charge in [0.05, 0.1) is 17.3 Å². The standard InChI is InChI=1S/C18H21N5S/c1-2-24-16-10-6-9-15(16)22-17-14-11-21-23(18(14)20-12-19-17)13-7-4-3-5-8-13/h3-5,7-8,11-12,15-16H,2,6,9-10H2,1H3,(H,19,20,22). The lowest BCUT2D eigenvalue weighted by Gasteiger charge is -2.20. The first-order valence-corrected chi connectivity index (χ1v) is 9.54. The summed E-state index contributed by atoms with van der Waals surface area (Å²) < 4.78 is 1.87. The molecule has 5 nitrogen and oxygen atoms in total. The molecular weight excluding hydrogens is 318 g/mol. The second kappa shape index (κ2) is 6.81. The maximum Gasteiger partial charge on any atom is 0.168 e. The molecule has 1 aliphatic rings. The van der Waals surface area contributed by atoms with Crippen LogP contribution in [0, 0.1) is 0 Å². The van der Waals surface area contributed by atoms with Crippen molar-refractivity contribution in [2.45, 2.75) is 37.5 Å². The van der Waals surface area contributed by atoms with E-state index in [1.54, 1.807) is 6.33 Å². The lowest BCUT2D eigenvalue weighted by atomic mass is 10.2. The summed E-state index contributed by atoms with van der Waals surface area (Å²) in [7, 11) is 0. The molecule has 0 bridgehead atoms. The van der Waals surface area contributed by atoms with E-state index in [-0.39, 0.29) is 0 Å². The molecule has 24 heavy (non-hydrogen) atoms. The molecule has 1 saturated carbocycles. The van der Waals surface area contributed by atoms with Crippen molar-refractivity contribution in [1.29, 1.82) is 0 Å². The molecule has 0 spiro atoms. The van der Waals surface area contributed by atoms with Gasteiger partial charge in [0.2, 0.25) is 0 Å². The van der Waals surface area contributed by atoms with Crippen molar-refractivity contribution in [3.63, 3.8) is 0 Å². The van der Waals surface area contributed by atoms with E-state index in [4.69, 9.17) is 0 Å². The summed E-state index contributed by atoms with van der Waals surface area (Å²) in [5.41, 5.74) is 1.86. The topological polar surface area (TPSA) is 55.6 Å². The maximum absolute atomic E-state index is 4.53. The molecule has 2 aromatic heterocycles. The number of benzene rings is 1. The first-order chi connectivity index (χ1) is 11.9. The van der Waals surface area contributed by atoms with E-state index >= 15 is 0 Å². The van der Waals surface area contributed by atoms with Crippen molar-refractivity contribution >= 4 is 28.6 Å². The molecule has 1 fully saturated rings. The van der Waals surface area contributed by atoms with E-state index in [1.807, 2.05) is 53.0 Å². The summed E-state index contributed by atoms with van der Waals surface area (Å²) >= 11 is 2.05. The molecule has 1 aromatic carbocycles. The van der Waals surface area contributed by atoms with Gasteiger partial charge in [0.25, 0.3) is 0 Å². The molecule has 1 aliphatic carbocycles. The number of hydrogen-bond acceptors (Lipinski definition) is 5. The smallest absolute Gasteiger partial charge is 0.168 e. The lowest BCUT2D eigenvalue weighted by Crippen LogP contribution is -2.26. The molecule has 3 aromatic rings. The number of anilines is 1. The highest BCUT2D eigenvalue weighted by Gasteiger charge is 2.28. The number of aromatic nitrogens is 4. The van der Waals surface area contributed by atoms with Crippen molar-refractivity contribution in [2.75, 3.05) is 11.1 Å². The summed E-state index contributed by atoms with van der Waals surface area (Å²) in [6, 6.07) is 10.6. The number of nitrogens with one attached hydrogen (secondary N) is 1. The Morgan fingerprint density at radius 2 is 2.08 bits per heavy atom. The van der Waals surface area contributed by atoms with Crippen molar-refractivity contribution in [3.05, 3.63) is 42.9 Å². The van der Waals surface area contributed by atoms with Crippen LogP contribution < -0.4 is 5.32 Å². The SMILES string of the molecule is CCSC1CCCC1Nc1ncnc2c1cnn2-c1ccccc1. The molecule has 124 valence electrons. The number of fused-ring (bicyclic) bond motifs is 1. The van der Waals surface area contributed by atoms with Crippen LogP contribution in [0.15, 0.2) is 42.9 Å². The van der Waals surface area contributed by atoms with E-state index < -0.39 is 0 Å². The predicted octanol–water partition coefficient (Wildman–Crippen LogP) is 3.90. The lowest BCUT2D eigenvalue weighted by molar-refractivity contribution is 0.763. The quantitative estimate of drug-likeness (QED) is 0.764. The molecule has 4 rings (SSSR count). The van der Waals surface area contributed by atoms with Crippen LogP contribution in [0.5, 0.6) is 0 Å². The van der Waals surface area contributed by atoms with Crippen LogP contribution in [-0.2, 0) is 0 Å². The van der Waals surface area contributed by atoms with Gasteiger partial charge in [0.15, 0.2) is 5.65 Å². The van der Waals surface area contributed by atoms with Gasteiger partial charge < -0.3 is 5.32 Å². The summed E-state index contributed by atoms with van der Waals surface area (Å²) in [4.78, 5) is 8.94. The number of thioether (sulfide) groups is 1. The fourth-order valence-electron chi connectivity index (χ4n) is 3.40. The van der Waals surface area contributed by atoms with Gasteiger partial charge in [-0.25, -0.2) is 14.6 Å². The van der Waals surface area contributed by atoms with E-state index in [9.17, 15) is 0 Å². The van der Waals surface area contributed by atoms with Crippen molar-refractivity contribution in [2.24, 2.45) is 0 Å². The third kappa shape index (κ3) is 2.86. The van der Waals surface area contributed by atoms with E-state index in [1.165, 1.54) is 19.3 Å². The van der Waals surface area contributed by atoms with Gasteiger partial charge >= 0.3 is 0 Å². The normalized spacial score (nSPS) is 20.5. The number of para-hydroxylation sites is 1. The largest absolute Gasteiger partial charge is 0.366 e. The van der Waals surface area contributed by atoms with Gasteiger partial charge in [-0.05, 0) is 30.7 Å². The molecule has 0 amide bonds. The minimum Gasteiger partial charge on any atom is -0.366 e. The highest BCUT2D eigenvalue weighted by Crippen LogP contribution is 2.33. The molecule has 0 radical (unpaired) electrons. The van der Waals surface area contributed by atoms with Crippen LogP contribution in [-0.4, -0.2) is 36.8 Å². The highest BCUT2D eigenvalue weighted by molar-refractivity contribution is 7.99. The highest BCUT2D eigenvalue weighted by atomic mass is 32.2. The first kappa shape index (κ1) is 15.4. The van der Waals surface area contributed by atoms with Gasteiger partial charge in [-0.15, -0.1) is 0 Å². The second-order valence-electron chi connectivity index (χ2n) is 6.03. The number of nitrogens with zero attached hydrogens (tertiary/aromatic N) is 4. The molecule has 0 saturated heterocycles. The number of rotatable bonds is 5. The van der Waals surface area contributed by atoms with Crippen LogP contribution in [0.1, 0.15) is 26.2 Å². The monoisotopic (exact) mass is 339 g/mol. The Kier molecular flexibility index (Phi) is 4.38. The Balaban J connectivity index is 1.66. The van der Waals surface area contributed by atoms with Gasteiger partial charge in [0, 0.05) is 11.3 Å². The van der Waals surface area contributed by atoms with Crippen molar-refractivity contribution < 1.29 is 0 Å². The van der Waals surface area contributed by atoms with Crippen LogP contribution in [0.3, 0.4) is 0 Å². The average molecular weight is 339 g/mol. The average Bonchev–Trinajstić information content (AvgIpc) is 3.24. The molecule has 0 aliphatic heterocycles. The zero-order chi connectivity index (χ0) is 16.4. The zero-order valence-electron chi connectivity index (χ0n) is 13.7. The predicted molar refractivity (Wildman–Crippen MR) is 99.8 cm³/mol. The molecule has 2 unspecified atom stereocenters. The van der Waals surface area contributed by atoms with Crippen LogP contribution >= 0.6 is 11.8 Å². The van der Waals surface area contributed by atoms with Gasteiger partial charge in [-0.2, -0.15) is 16.9 Å². The maximum atomic E-state index is 4.53.